The Morgan fingerprint density at radius 2 is 1.96 bits per heavy atom. The summed E-state index contributed by atoms with van der Waals surface area (Å²) in [4.78, 5) is 26.0. The van der Waals surface area contributed by atoms with Crippen molar-refractivity contribution in [1.29, 1.82) is 0 Å². The van der Waals surface area contributed by atoms with Gasteiger partial charge in [0.05, 0.1) is 18.4 Å². The van der Waals surface area contributed by atoms with Crippen LogP contribution in [0, 0.1) is 3.57 Å². The average Bonchev–Trinajstić information content (AvgIpc) is 2.80. The zero-order valence-electron chi connectivity index (χ0n) is 13.0. The van der Waals surface area contributed by atoms with Crippen LogP contribution in [-0.2, 0) is 14.3 Å². The number of carbonyl (C=O) groups excluding carboxylic acids is 2. The van der Waals surface area contributed by atoms with E-state index in [-0.39, 0.29) is 5.91 Å². The molecule has 1 aliphatic heterocycles. The van der Waals surface area contributed by atoms with Gasteiger partial charge < -0.3 is 4.74 Å². The SMILES string of the molecule is CO/C(=C1/C(=O)N(C(C)=O)c2cc(Cl)ccc21)c1cccc(I)c1. The fraction of sp³-hybridized carbons (Fsp3) is 0.111. The second-order valence-electron chi connectivity index (χ2n) is 5.24. The van der Waals surface area contributed by atoms with E-state index in [2.05, 4.69) is 22.6 Å². The zero-order chi connectivity index (χ0) is 17.4. The molecule has 0 unspecified atom stereocenters. The second-order valence-corrected chi connectivity index (χ2v) is 6.92. The van der Waals surface area contributed by atoms with Crippen LogP contribution in [0.1, 0.15) is 18.1 Å². The minimum Gasteiger partial charge on any atom is -0.495 e. The van der Waals surface area contributed by atoms with E-state index in [4.69, 9.17) is 16.3 Å². The molecule has 0 fully saturated rings. The van der Waals surface area contributed by atoms with Gasteiger partial charge in [0.2, 0.25) is 5.91 Å². The molecule has 6 heteroatoms. The van der Waals surface area contributed by atoms with E-state index < -0.39 is 5.91 Å². The molecule has 0 saturated carbocycles. The molecule has 0 N–H and O–H groups in total. The van der Waals surface area contributed by atoms with E-state index in [1.807, 2.05) is 24.3 Å². The number of nitrogens with zero attached hydrogens (tertiary/aromatic N) is 1. The Balaban J connectivity index is 2.30. The summed E-state index contributed by atoms with van der Waals surface area (Å²) in [5.74, 6) is -0.335. The topological polar surface area (TPSA) is 46.6 Å². The highest BCUT2D eigenvalue weighted by Gasteiger charge is 2.38. The third-order valence-electron chi connectivity index (χ3n) is 3.72. The van der Waals surface area contributed by atoms with Crippen molar-refractivity contribution in [1.82, 2.24) is 0 Å². The molecule has 24 heavy (non-hydrogen) atoms. The number of methoxy groups -OCH3 is 1. The van der Waals surface area contributed by atoms with E-state index in [9.17, 15) is 9.59 Å². The summed E-state index contributed by atoms with van der Waals surface area (Å²) in [6, 6.07) is 12.7. The number of halogens is 2. The molecular formula is C18H13ClINO3. The number of rotatable bonds is 2. The van der Waals surface area contributed by atoms with Crippen LogP contribution in [0.5, 0.6) is 0 Å². The molecule has 3 rings (SSSR count). The molecule has 0 atom stereocenters. The Morgan fingerprint density at radius 3 is 2.58 bits per heavy atom. The molecule has 0 spiro atoms. The molecule has 0 aromatic heterocycles. The van der Waals surface area contributed by atoms with E-state index in [0.29, 0.717) is 27.6 Å². The van der Waals surface area contributed by atoms with Gasteiger partial charge in [0, 0.05) is 26.6 Å². The van der Waals surface area contributed by atoms with Crippen molar-refractivity contribution in [3.63, 3.8) is 0 Å². The first-order valence-electron chi connectivity index (χ1n) is 7.13. The highest BCUT2D eigenvalue weighted by Crippen LogP contribution is 2.42. The standard InChI is InChI=1S/C18H13ClINO3/c1-10(22)21-15-9-12(19)6-7-14(15)16(18(21)23)17(24-2)11-4-3-5-13(20)8-11/h3-9H,1-2H3/b17-16+. The van der Waals surface area contributed by atoms with E-state index >= 15 is 0 Å². The van der Waals surface area contributed by atoms with Crippen LogP contribution in [0.25, 0.3) is 11.3 Å². The van der Waals surface area contributed by atoms with Gasteiger partial charge in [0.1, 0.15) is 5.76 Å². The number of benzene rings is 2. The highest BCUT2D eigenvalue weighted by atomic mass is 127. The van der Waals surface area contributed by atoms with Crippen LogP contribution in [-0.4, -0.2) is 18.9 Å². The van der Waals surface area contributed by atoms with Gasteiger partial charge in [-0.2, -0.15) is 0 Å². The molecule has 0 saturated heterocycles. The summed E-state index contributed by atoms with van der Waals surface area (Å²) in [6.45, 7) is 1.35. The summed E-state index contributed by atoms with van der Waals surface area (Å²) >= 11 is 8.24. The largest absolute Gasteiger partial charge is 0.495 e. The Labute approximate surface area is 158 Å². The van der Waals surface area contributed by atoms with Crippen LogP contribution < -0.4 is 4.90 Å². The van der Waals surface area contributed by atoms with Gasteiger partial charge in [-0.25, -0.2) is 4.90 Å². The van der Waals surface area contributed by atoms with Crippen LogP contribution >= 0.6 is 34.2 Å². The van der Waals surface area contributed by atoms with Crippen molar-refractivity contribution >= 4 is 63.0 Å². The quantitative estimate of drug-likeness (QED) is 0.386. The van der Waals surface area contributed by atoms with E-state index in [1.165, 1.54) is 14.0 Å². The maximum atomic E-state index is 12.9. The number of anilines is 1. The first-order valence-corrected chi connectivity index (χ1v) is 8.59. The molecule has 2 aromatic carbocycles. The molecule has 2 amide bonds. The summed E-state index contributed by atoms with van der Waals surface area (Å²) in [5, 5.41) is 0.460. The Morgan fingerprint density at radius 1 is 1.21 bits per heavy atom. The molecular weight excluding hydrogens is 441 g/mol. The van der Waals surface area contributed by atoms with Crippen molar-refractivity contribution < 1.29 is 14.3 Å². The number of hydrogen-bond acceptors (Lipinski definition) is 3. The minimum atomic E-state index is -0.407. The summed E-state index contributed by atoms with van der Waals surface area (Å²) < 4.78 is 6.56. The van der Waals surface area contributed by atoms with Gasteiger partial charge in [-0.3, -0.25) is 9.59 Å². The number of fused-ring (bicyclic) bond motifs is 1. The maximum Gasteiger partial charge on any atom is 0.269 e. The Kier molecular flexibility index (Phi) is 4.64. The van der Waals surface area contributed by atoms with Crippen LogP contribution in [0.15, 0.2) is 42.5 Å². The van der Waals surface area contributed by atoms with Crippen LogP contribution in [0.4, 0.5) is 5.69 Å². The first kappa shape index (κ1) is 17.0. The summed E-state index contributed by atoms with van der Waals surface area (Å²) in [6.07, 6.45) is 0. The van der Waals surface area contributed by atoms with Crippen molar-refractivity contribution in [2.45, 2.75) is 6.92 Å². The van der Waals surface area contributed by atoms with Gasteiger partial charge in [-0.05, 0) is 46.9 Å². The van der Waals surface area contributed by atoms with Crippen molar-refractivity contribution in [2.24, 2.45) is 0 Å². The number of hydrogen-bond donors (Lipinski definition) is 0. The third-order valence-corrected chi connectivity index (χ3v) is 4.63. The second kappa shape index (κ2) is 6.57. The maximum absolute atomic E-state index is 12.9. The fourth-order valence-corrected chi connectivity index (χ4v) is 3.47. The predicted molar refractivity (Wildman–Crippen MR) is 103 cm³/mol. The molecule has 122 valence electrons. The average molecular weight is 454 g/mol. The molecule has 0 aliphatic carbocycles. The van der Waals surface area contributed by atoms with Gasteiger partial charge in [-0.15, -0.1) is 0 Å². The number of imide groups is 1. The molecule has 4 nitrogen and oxygen atoms in total. The first-order chi connectivity index (χ1) is 11.4. The summed E-state index contributed by atoms with van der Waals surface area (Å²) in [7, 11) is 1.52. The lowest BCUT2D eigenvalue weighted by Crippen LogP contribution is -2.31. The van der Waals surface area contributed by atoms with Crippen molar-refractivity contribution in [3.05, 3.63) is 62.2 Å². The molecule has 0 radical (unpaired) electrons. The van der Waals surface area contributed by atoms with Crippen molar-refractivity contribution in [3.8, 4) is 0 Å². The summed E-state index contributed by atoms with van der Waals surface area (Å²) in [5.41, 5.74) is 2.26. The van der Waals surface area contributed by atoms with Crippen LogP contribution in [0.2, 0.25) is 5.02 Å². The fourth-order valence-electron chi connectivity index (χ4n) is 2.76. The highest BCUT2D eigenvalue weighted by molar-refractivity contribution is 14.1. The van der Waals surface area contributed by atoms with Gasteiger partial charge >= 0.3 is 0 Å². The molecule has 1 aliphatic rings. The lowest BCUT2D eigenvalue weighted by molar-refractivity contribution is -0.122. The Hall–Kier alpha value is -1.86. The van der Waals surface area contributed by atoms with Gasteiger partial charge in [0.15, 0.2) is 0 Å². The third kappa shape index (κ3) is 2.82. The molecule has 0 bridgehead atoms. The monoisotopic (exact) mass is 453 g/mol. The number of amides is 2. The lowest BCUT2D eigenvalue weighted by atomic mass is 10.0. The van der Waals surface area contributed by atoms with Crippen molar-refractivity contribution in [2.75, 3.05) is 12.0 Å². The number of ether oxygens (including phenoxy) is 1. The predicted octanol–water partition coefficient (Wildman–Crippen LogP) is 4.35. The Bertz CT molecular complexity index is 892. The normalized spacial score (nSPS) is 15.3. The van der Waals surface area contributed by atoms with Crippen LogP contribution in [0.3, 0.4) is 0 Å². The lowest BCUT2D eigenvalue weighted by Gasteiger charge is -2.13. The van der Waals surface area contributed by atoms with Gasteiger partial charge in [-0.1, -0.05) is 29.8 Å². The van der Waals surface area contributed by atoms with Gasteiger partial charge in [0.25, 0.3) is 5.91 Å². The number of carbonyl (C=O) groups is 2. The molecule has 2 aromatic rings. The zero-order valence-corrected chi connectivity index (χ0v) is 15.9. The van der Waals surface area contributed by atoms with E-state index in [0.717, 1.165) is 14.0 Å². The smallest absolute Gasteiger partial charge is 0.269 e. The molecule has 1 heterocycles. The minimum absolute atomic E-state index is 0.362. The van der Waals surface area contributed by atoms with E-state index in [1.54, 1.807) is 18.2 Å².